The Hall–Kier alpha value is -2.26. The maximum Gasteiger partial charge on any atom is 0.535 e. The Morgan fingerprint density at radius 3 is 1.88 bits per heavy atom. The lowest BCUT2D eigenvalue weighted by atomic mass is 10.2. The van der Waals surface area contributed by atoms with Gasteiger partial charge in [-0.25, -0.2) is 0 Å². The highest BCUT2D eigenvalue weighted by Gasteiger charge is 2.53. The fourth-order valence-electron chi connectivity index (χ4n) is 2.88. The lowest BCUT2D eigenvalue weighted by Gasteiger charge is -2.31. The molecule has 0 aromatic heterocycles. The number of aryl methyl sites for hydroxylation is 3. The minimum Gasteiger partial charge on any atom is -0.401 e. The molecule has 0 fully saturated rings. The van der Waals surface area contributed by atoms with E-state index in [-0.39, 0.29) is 6.54 Å². The van der Waals surface area contributed by atoms with Crippen LogP contribution in [-0.4, -0.2) is 16.5 Å². The van der Waals surface area contributed by atoms with E-state index in [0.717, 1.165) is 21.6 Å². The quantitative estimate of drug-likeness (QED) is 0.126. The number of hydrogen-bond acceptors (Lipinski definition) is 6. The summed E-state index contributed by atoms with van der Waals surface area (Å²) in [6, 6.07) is 20.1. The molecule has 3 aromatic rings. The third kappa shape index (κ3) is 6.41. The van der Waals surface area contributed by atoms with Crippen LogP contribution in [0.3, 0.4) is 0 Å². The fraction of sp³-hybridized carbons (Fsp3) is 0.208. The summed E-state index contributed by atoms with van der Waals surface area (Å²) in [4.78, 5) is 0.838. The molecule has 0 heterocycles. The molecular formula is C24H22Cl2N2O3PS+. The van der Waals surface area contributed by atoms with Gasteiger partial charge in [-0.05, 0) is 92.4 Å². The number of nitriles is 1. The molecule has 1 unspecified atom stereocenters. The Bertz CT molecular complexity index is 1130. The molecule has 0 spiro atoms. The molecule has 3 rings (SSSR count). The Labute approximate surface area is 209 Å². The maximum absolute atomic E-state index is 12.8. The van der Waals surface area contributed by atoms with Crippen LogP contribution in [0.15, 0.2) is 65.6 Å². The smallest absolute Gasteiger partial charge is 0.401 e. The highest BCUT2D eigenvalue weighted by molar-refractivity contribution is 7.97. The maximum atomic E-state index is 12.8. The van der Waals surface area contributed by atoms with Crippen molar-refractivity contribution >= 4 is 43.6 Å². The van der Waals surface area contributed by atoms with Crippen molar-refractivity contribution in [3.05, 3.63) is 87.4 Å². The number of benzene rings is 3. The van der Waals surface area contributed by atoms with Gasteiger partial charge in [0.2, 0.25) is 0 Å². The van der Waals surface area contributed by atoms with Crippen LogP contribution >= 0.6 is 43.6 Å². The van der Waals surface area contributed by atoms with E-state index in [4.69, 9.17) is 32.7 Å². The summed E-state index contributed by atoms with van der Waals surface area (Å²) in [6.07, 6.45) is 0. The second kappa shape index (κ2) is 11.2. The standard InChI is InChI=1S/C24H21Cl2N2O3PS/c1-16-4-8-21(9-5-16)33-28(13-12-27)24(32-29,30-19-6-10-22(25)17(2)14-19)31-20-7-11-23(26)18(3)15-20/h4-11,14-15H,13H2,1-3H3/p+1. The summed E-state index contributed by atoms with van der Waals surface area (Å²) in [5.74, 6) is 0.803. The molecule has 170 valence electrons. The first-order chi connectivity index (χ1) is 15.8. The van der Waals surface area contributed by atoms with Crippen molar-refractivity contribution in [2.45, 2.75) is 31.3 Å². The second-order valence-corrected chi connectivity index (χ2v) is 10.1. The van der Waals surface area contributed by atoms with Gasteiger partial charge in [0.25, 0.3) is 0 Å². The SMILES string of the molecule is Cc1ccc(SN(CC#N)C(Oc2ccc(Cl)c(C)c2)(Oc2ccc(Cl)c(C)c2)[PH+]=O)cc1. The van der Waals surface area contributed by atoms with Crippen LogP contribution in [0.5, 0.6) is 11.5 Å². The van der Waals surface area contributed by atoms with Crippen LogP contribution in [0.4, 0.5) is 0 Å². The van der Waals surface area contributed by atoms with E-state index in [1.807, 2.05) is 45.0 Å². The number of halogens is 2. The fourth-order valence-corrected chi connectivity index (χ4v) is 4.70. The zero-order valence-electron chi connectivity index (χ0n) is 18.3. The molecule has 0 N–H and O–H groups in total. The van der Waals surface area contributed by atoms with Gasteiger partial charge in [-0.3, -0.25) is 0 Å². The monoisotopic (exact) mass is 519 g/mol. The van der Waals surface area contributed by atoms with Crippen molar-refractivity contribution in [3.63, 3.8) is 0 Å². The summed E-state index contributed by atoms with van der Waals surface area (Å²) in [5, 5.41) is 10.7. The Kier molecular flexibility index (Phi) is 8.64. The van der Waals surface area contributed by atoms with E-state index in [1.54, 1.807) is 36.4 Å². The first-order valence-electron chi connectivity index (χ1n) is 9.95. The van der Waals surface area contributed by atoms with Gasteiger partial charge in [-0.1, -0.05) is 45.5 Å². The van der Waals surface area contributed by atoms with Crippen LogP contribution in [0.2, 0.25) is 10.0 Å². The van der Waals surface area contributed by atoms with Crippen LogP contribution in [0.1, 0.15) is 16.7 Å². The normalized spacial score (nSPS) is 11.4. The third-order valence-electron chi connectivity index (χ3n) is 4.68. The van der Waals surface area contributed by atoms with Crippen LogP contribution in [-0.2, 0) is 4.57 Å². The third-order valence-corrected chi connectivity index (χ3v) is 7.49. The molecule has 0 aliphatic carbocycles. The van der Waals surface area contributed by atoms with Gasteiger partial charge in [0.15, 0.2) is 0 Å². The minimum absolute atomic E-state index is 0.118. The second-order valence-electron chi connectivity index (χ2n) is 7.31. The topological polar surface area (TPSA) is 62.6 Å². The van der Waals surface area contributed by atoms with Crippen molar-refractivity contribution in [1.82, 2.24) is 4.31 Å². The Balaban J connectivity index is 2.07. The Morgan fingerprint density at radius 1 is 0.939 bits per heavy atom. The predicted octanol–water partition coefficient (Wildman–Crippen LogP) is 7.54. The molecule has 0 bridgehead atoms. The van der Waals surface area contributed by atoms with Crippen molar-refractivity contribution in [2.75, 3.05) is 6.54 Å². The van der Waals surface area contributed by atoms with E-state index < -0.39 is 14.1 Å². The van der Waals surface area contributed by atoms with Gasteiger partial charge in [-0.15, -0.1) is 4.31 Å². The molecule has 5 nitrogen and oxygen atoms in total. The lowest BCUT2D eigenvalue weighted by Crippen LogP contribution is -2.50. The number of nitrogens with zero attached hydrogens (tertiary/aromatic N) is 2. The first-order valence-corrected chi connectivity index (χ1v) is 12.4. The molecule has 0 amide bonds. The van der Waals surface area contributed by atoms with Crippen molar-refractivity contribution in [3.8, 4) is 17.6 Å². The molecule has 1 atom stereocenters. The van der Waals surface area contributed by atoms with E-state index in [1.165, 1.54) is 16.3 Å². The van der Waals surface area contributed by atoms with Gasteiger partial charge >= 0.3 is 14.1 Å². The highest BCUT2D eigenvalue weighted by atomic mass is 35.5. The highest BCUT2D eigenvalue weighted by Crippen LogP contribution is 2.41. The molecule has 33 heavy (non-hydrogen) atoms. The van der Waals surface area contributed by atoms with Crippen molar-refractivity contribution in [2.24, 2.45) is 0 Å². The number of rotatable bonds is 9. The molecule has 0 saturated heterocycles. The molecule has 0 saturated carbocycles. The van der Waals surface area contributed by atoms with E-state index in [0.29, 0.717) is 21.5 Å². The lowest BCUT2D eigenvalue weighted by molar-refractivity contribution is -0.107. The number of ether oxygens (including phenoxy) is 2. The molecule has 0 aliphatic rings. The van der Waals surface area contributed by atoms with Crippen LogP contribution in [0.25, 0.3) is 0 Å². The molecular weight excluding hydrogens is 498 g/mol. The van der Waals surface area contributed by atoms with Crippen LogP contribution < -0.4 is 9.47 Å². The number of hydrogen-bond donors (Lipinski definition) is 0. The summed E-state index contributed by atoms with van der Waals surface area (Å²) < 4.78 is 26.7. The molecule has 0 radical (unpaired) electrons. The van der Waals surface area contributed by atoms with E-state index in [9.17, 15) is 9.83 Å². The largest absolute Gasteiger partial charge is 0.535 e. The Morgan fingerprint density at radius 2 is 1.45 bits per heavy atom. The van der Waals surface area contributed by atoms with E-state index in [2.05, 4.69) is 6.07 Å². The zero-order chi connectivity index (χ0) is 24.0. The van der Waals surface area contributed by atoms with Gasteiger partial charge in [0, 0.05) is 14.9 Å². The van der Waals surface area contributed by atoms with Crippen LogP contribution in [0, 0.1) is 32.1 Å². The average Bonchev–Trinajstić information content (AvgIpc) is 2.79. The summed E-state index contributed by atoms with van der Waals surface area (Å²) >= 11 is 13.5. The minimum atomic E-state index is -1.80. The van der Waals surface area contributed by atoms with Crippen molar-refractivity contribution in [1.29, 1.82) is 5.26 Å². The average molecular weight is 520 g/mol. The summed E-state index contributed by atoms with van der Waals surface area (Å²) in [7, 11) is -1.11. The first kappa shape index (κ1) is 25.4. The van der Waals surface area contributed by atoms with Crippen molar-refractivity contribution < 1.29 is 14.0 Å². The van der Waals surface area contributed by atoms with Gasteiger partial charge in [-0.2, -0.15) is 5.26 Å². The van der Waals surface area contributed by atoms with Gasteiger partial charge in [0.1, 0.15) is 18.0 Å². The summed E-state index contributed by atoms with van der Waals surface area (Å²) in [6.45, 7) is 5.55. The van der Waals surface area contributed by atoms with Gasteiger partial charge < -0.3 is 9.47 Å². The molecule has 3 aromatic carbocycles. The molecule has 9 heteroatoms. The van der Waals surface area contributed by atoms with E-state index >= 15 is 0 Å². The van der Waals surface area contributed by atoms with Gasteiger partial charge in [0.05, 0.1) is 6.07 Å². The predicted molar refractivity (Wildman–Crippen MR) is 135 cm³/mol. The summed E-state index contributed by atoms with van der Waals surface area (Å²) in [5.41, 5.74) is 0.880. The molecule has 0 aliphatic heterocycles. The zero-order valence-corrected chi connectivity index (χ0v) is 21.6.